The molecule has 0 amide bonds. The van der Waals surface area contributed by atoms with Crippen molar-refractivity contribution in [1.82, 2.24) is 14.9 Å². The number of imidazole rings is 1. The van der Waals surface area contributed by atoms with Crippen LogP contribution in [0.3, 0.4) is 0 Å². The molecule has 5 heteroatoms. The molecule has 1 aliphatic rings. The van der Waals surface area contributed by atoms with Gasteiger partial charge in [-0.3, -0.25) is 5.32 Å². The topological polar surface area (TPSA) is 77.4 Å². The van der Waals surface area contributed by atoms with Gasteiger partial charge in [-0.25, -0.2) is 4.98 Å². The highest BCUT2D eigenvalue weighted by molar-refractivity contribution is 5.11. The lowest BCUT2D eigenvalue weighted by Crippen LogP contribution is -2.30. The van der Waals surface area contributed by atoms with Crippen molar-refractivity contribution in [2.24, 2.45) is 0 Å². The van der Waals surface area contributed by atoms with Crippen LogP contribution in [0.15, 0.2) is 12.4 Å². The van der Waals surface area contributed by atoms with Gasteiger partial charge in [0, 0.05) is 25.0 Å². The van der Waals surface area contributed by atoms with Gasteiger partial charge in [-0.15, -0.1) is 0 Å². The molecule has 1 fully saturated rings. The average molecular weight is 215 g/mol. The Morgan fingerprint density at radius 2 is 2.38 bits per heavy atom. The first-order chi connectivity index (χ1) is 7.83. The van der Waals surface area contributed by atoms with E-state index in [0.29, 0.717) is 24.8 Å². The quantitative estimate of drug-likeness (QED) is 0.787. The summed E-state index contributed by atoms with van der Waals surface area (Å²) in [7, 11) is 0. The molecule has 1 unspecified atom stereocenters. The van der Waals surface area contributed by atoms with E-state index >= 15 is 0 Å². The minimum Gasteiger partial charge on any atom is -0.323 e. The molecule has 1 saturated carbocycles. The summed E-state index contributed by atoms with van der Waals surface area (Å²) in [6, 6.07) is 4.67. The van der Waals surface area contributed by atoms with Crippen LogP contribution in [0, 0.1) is 22.7 Å². The van der Waals surface area contributed by atoms with Crippen molar-refractivity contribution in [3.05, 3.63) is 18.2 Å². The molecule has 1 aromatic rings. The lowest BCUT2D eigenvalue weighted by Gasteiger charge is -2.10. The summed E-state index contributed by atoms with van der Waals surface area (Å²) in [5, 5.41) is 21.0. The van der Waals surface area contributed by atoms with Crippen molar-refractivity contribution < 1.29 is 0 Å². The van der Waals surface area contributed by atoms with Crippen LogP contribution >= 0.6 is 0 Å². The van der Waals surface area contributed by atoms with E-state index in [2.05, 4.69) is 16.4 Å². The Labute approximate surface area is 94.3 Å². The van der Waals surface area contributed by atoms with Crippen LogP contribution in [0.1, 0.15) is 25.1 Å². The predicted octanol–water partition coefficient (Wildman–Crippen LogP) is 0.789. The third-order valence-corrected chi connectivity index (χ3v) is 2.64. The highest BCUT2D eigenvalue weighted by Crippen LogP contribution is 2.19. The van der Waals surface area contributed by atoms with E-state index in [1.165, 1.54) is 12.8 Å². The van der Waals surface area contributed by atoms with E-state index in [1.54, 1.807) is 17.0 Å². The highest BCUT2D eigenvalue weighted by atomic mass is 15.1. The fraction of sp³-hybridized carbons (Fsp3) is 0.545. The Bertz CT molecular complexity index is 432. The van der Waals surface area contributed by atoms with Crippen molar-refractivity contribution >= 4 is 0 Å². The van der Waals surface area contributed by atoms with E-state index < -0.39 is 0 Å². The molecular formula is C11H13N5. The summed E-state index contributed by atoms with van der Waals surface area (Å²) in [6.45, 7) is 0.654. The Morgan fingerprint density at radius 3 is 3.00 bits per heavy atom. The summed E-state index contributed by atoms with van der Waals surface area (Å²) in [5.74, 6) is 0.406. The smallest absolute Gasteiger partial charge is 0.212 e. The maximum absolute atomic E-state index is 8.96. The van der Waals surface area contributed by atoms with Crippen molar-refractivity contribution in [2.75, 3.05) is 0 Å². The molecule has 0 aromatic carbocycles. The van der Waals surface area contributed by atoms with Gasteiger partial charge in [-0.1, -0.05) is 0 Å². The molecular weight excluding hydrogens is 202 g/mol. The number of nitriles is 2. The molecule has 0 radical (unpaired) electrons. The molecule has 1 N–H and O–H groups in total. The average Bonchev–Trinajstić information content (AvgIpc) is 3.00. The molecule has 82 valence electrons. The minimum atomic E-state index is -0.124. The zero-order valence-electron chi connectivity index (χ0n) is 8.93. The van der Waals surface area contributed by atoms with Gasteiger partial charge in [-0.05, 0) is 19.3 Å². The van der Waals surface area contributed by atoms with E-state index in [0.717, 1.165) is 0 Å². The Kier molecular flexibility index (Phi) is 3.19. The summed E-state index contributed by atoms with van der Waals surface area (Å²) in [6.07, 6.45) is 6.43. The lowest BCUT2D eigenvalue weighted by molar-refractivity contribution is 0.512. The molecule has 1 heterocycles. The summed E-state index contributed by atoms with van der Waals surface area (Å²) in [4.78, 5) is 3.91. The molecule has 0 spiro atoms. The second-order valence-corrected chi connectivity index (χ2v) is 3.97. The monoisotopic (exact) mass is 215 g/mol. The molecule has 16 heavy (non-hydrogen) atoms. The van der Waals surface area contributed by atoms with Gasteiger partial charge in [-0.2, -0.15) is 10.5 Å². The molecule has 1 atom stereocenters. The number of aryl methyl sites for hydroxylation is 1. The number of rotatable bonds is 5. The summed E-state index contributed by atoms with van der Waals surface area (Å²) >= 11 is 0. The highest BCUT2D eigenvalue weighted by Gasteiger charge is 2.24. The van der Waals surface area contributed by atoms with Crippen molar-refractivity contribution in [3.63, 3.8) is 0 Å². The largest absolute Gasteiger partial charge is 0.323 e. The zero-order chi connectivity index (χ0) is 11.4. The maximum atomic E-state index is 8.96. The number of hydrogen-bond donors (Lipinski definition) is 1. The molecule has 0 saturated heterocycles. The third-order valence-electron chi connectivity index (χ3n) is 2.64. The number of nitrogens with zero attached hydrogens (tertiary/aromatic N) is 4. The van der Waals surface area contributed by atoms with Crippen LogP contribution in [0.5, 0.6) is 0 Å². The summed E-state index contributed by atoms with van der Waals surface area (Å²) in [5.41, 5.74) is 0. The molecule has 5 nitrogen and oxygen atoms in total. The first-order valence-electron chi connectivity index (χ1n) is 5.40. The van der Waals surface area contributed by atoms with Crippen LogP contribution in [-0.4, -0.2) is 21.6 Å². The standard InChI is InChI=1S/C11H13N5/c12-7-10(15-9-1-2-9)3-5-16-6-4-14-11(16)8-13/h4,6,9-10,15H,1-3,5H2. The number of hydrogen-bond acceptors (Lipinski definition) is 4. The minimum absolute atomic E-state index is 0.124. The van der Waals surface area contributed by atoms with Gasteiger partial charge in [0.05, 0.1) is 12.1 Å². The SMILES string of the molecule is N#Cc1nccn1CCC(C#N)NC1CC1. The Morgan fingerprint density at radius 1 is 1.56 bits per heavy atom. The van der Waals surface area contributed by atoms with Crippen molar-refractivity contribution in [1.29, 1.82) is 10.5 Å². The molecule has 1 aromatic heterocycles. The van der Waals surface area contributed by atoms with E-state index in [-0.39, 0.29) is 6.04 Å². The molecule has 2 rings (SSSR count). The first kappa shape index (κ1) is 10.7. The van der Waals surface area contributed by atoms with Gasteiger partial charge in [0.2, 0.25) is 5.82 Å². The van der Waals surface area contributed by atoms with E-state index in [4.69, 9.17) is 10.5 Å². The zero-order valence-corrected chi connectivity index (χ0v) is 8.93. The second kappa shape index (κ2) is 4.78. The van der Waals surface area contributed by atoms with Gasteiger partial charge in [0.1, 0.15) is 6.07 Å². The predicted molar refractivity (Wildman–Crippen MR) is 57.1 cm³/mol. The van der Waals surface area contributed by atoms with Crippen molar-refractivity contribution in [3.8, 4) is 12.1 Å². The Balaban J connectivity index is 1.86. The normalized spacial score (nSPS) is 16.4. The van der Waals surface area contributed by atoms with Gasteiger partial charge in [0.25, 0.3) is 0 Å². The van der Waals surface area contributed by atoms with E-state index in [9.17, 15) is 0 Å². The molecule has 0 bridgehead atoms. The van der Waals surface area contributed by atoms with Crippen LogP contribution in [-0.2, 0) is 6.54 Å². The molecule has 1 aliphatic carbocycles. The summed E-state index contributed by atoms with van der Waals surface area (Å²) < 4.78 is 1.78. The molecule has 0 aliphatic heterocycles. The third kappa shape index (κ3) is 2.59. The van der Waals surface area contributed by atoms with E-state index in [1.807, 2.05) is 6.07 Å². The fourth-order valence-corrected chi connectivity index (χ4v) is 1.59. The van der Waals surface area contributed by atoms with Crippen LogP contribution in [0.4, 0.5) is 0 Å². The van der Waals surface area contributed by atoms with Crippen molar-refractivity contribution in [2.45, 2.75) is 37.9 Å². The van der Waals surface area contributed by atoms with Crippen LogP contribution in [0.25, 0.3) is 0 Å². The Hall–Kier alpha value is -1.85. The van der Waals surface area contributed by atoms with Gasteiger partial charge in [0.15, 0.2) is 0 Å². The van der Waals surface area contributed by atoms with Gasteiger partial charge >= 0.3 is 0 Å². The fourth-order valence-electron chi connectivity index (χ4n) is 1.59. The van der Waals surface area contributed by atoms with Gasteiger partial charge < -0.3 is 4.57 Å². The van der Waals surface area contributed by atoms with Crippen LogP contribution < -0.4 is 5.32 Å². The number of nitrogens with one attached hydrogen (secondary N) is 1. The maximum Gasteiger partial charge on any atom is 0.212 e. The second-order valence-electron chi connectivity index (χ2n) is 3.97. The van der Waals surface area contributed by atoms with Crippen LogP contribution in [0.2, 0.25) is 0 Å². The first-order valence-corrected chi connectivity index (χ1v) is 5.40. The lowest BCUT2D eigenvalue weighted by atomic mass is 10.2. The number of aromatic nitrogens is 2.